The highest BCUT2D eigenvalue weighted by atomic mass is 127. The molecule has 6 heteroatoms. The molecule has 0 aromatic carbocycles. The first-order valence-corrected chi connectivity index (χ1v) is 8.71. The van der Waals surface area contributed by atoms with Gasteiger partial charge in [0.2, 0.25) is 0 Å². The van der Waals surface area contributed by atoms with Crippen LogP contribution >= 0.6 is 24.0 Å². The lowest BCUT2D eigenvalue weighted by molar-refractivity contribution is -0.0432. The summed E-state index contributed by atoms with van der Waals surface area (Å²) >= 11 is 0. The van der Waals surface area contributed by atoms with Gasteiger partial charge in [-0.2, -0.15) is 0 Å². The van der Waals surface area contributed by atoms with Gasteiger partial charge >= 0.3 is 0 Å². The summed E-state index contributed by atoms with van der Waals surface area (Å²) in [7, 11) is 0. The highest BCUT2D eigenvalue weighted by Crippen LogP contribution is 2.22. The number of halogens is 1. The molecule has 0 radical (unpaired) electrons. The van der Waals surface area contributed by atoms with E-state index in [1.165, 1.54) is 38.6 Å². The maximum absolute atomic E-state index is 5.96. The molecular weight excluding hydrogens is 391 g/mol. The van der Waals surface area contributed by atoms with Crippen molar-refractivity contribution < 1.29 is 4.74 Å². The molecule has 130 valence electrons. The molecule has 0 aromatic heterocycles. The zero-order valence-corrected chi connectivity index (χ0v) is 16.5. The summed E-state index contributed by atoms with van der Waals surface area (Å²) < 4.78 is 5.96. The van der Waals surface area contributed by atoms with E-state index in [-0.39, 0.29) is 30.1 Å². The minimum Gasteiger partial charge on any atom is -0.373 e. The molecule has 2 atom stereocenters. The first kappa shape index (κ1) is 20.0. The Balaban J connectivity index is 0.00000242. The van der Waals surface area contributed by atoms with E-state index in [0.29, 0.717) is 6.04 Å². The Morgan fingerprint density at radius 2 is 2.14 bits per heavy atom. The van der Waals surface area contributed by atoms with E-state index in [4.69, 9.17) is 9.73 Å². The van der Waals surface area contributed by atoms with Gasteiger partial charge in [0.1, 0.15) is 0 Å². The molecule has 2 unspecified atom stereocenters. The first-order chi connectivity index (χ1) is 10.3. The van der Waals surface area contributed by atoms with Crippen molar-refractivity contribution in [3.8, 4) is 0 Å². The van der Waals surface area contributed by atoms with Crippen molar-refractivity contribution in [2.45, 2.75) is 58.1 Å². The third-order valence-corrected chi connectivity index (χ3v) is 4.33. The van der Waals surface area contributed by atoms with E-state index in [1.54, 1.807) is 0 Å². The van der Waals surface area contributed by atoms with Gasteiger partial charge in [0.25, 0.3) is 0 Å². The van der Waals surface area contributed by atoms with Crippen molar-refractivity contribution in [2.24, 2.45) is 4.99 Å². The Kier molecular flexibility index (Phi) is 10.4. The van der Waals surface area contributed by atoms with Crippen LogP contribution in [0.2, 0.25) is 0 Å². The van der Waals surface area contributed by atoms with Crippen LogP contribution < -0.4 is 10.6 Å². The lowest BCUT2D eigenvalue weighted by Gasteiger charge is -2.34. The highest BCUT2D eigenvalue weighted by Gasteiger charge is 2.31. The minimum atomic E-state index is 0. The number of morpholine rings is 1. The molecule has 0 amide bonds. The second kappa shape index (κ2) is 11.5. The van der Waals surface area contributed by atoms with Crippen molar-refractivity contribution in [1.82, 2.24) is 15.5 Å². The molecule has 0 saturated carbocycles. The van der Waals surface area contributed by atoms with Gasteiger partial charge < -0.3 is 15.4 Å². The maximum atomic E-state index is 5.96. The minimum absolute atomic E-state index is 0. The van der Waals surface area contributed by atoms with Gasteiger partial charge in [-0.1, -0.05) is 19.8 Å². The van der Waals surface area contributed by atoms with Crippen molar-refractivity contribution in [2.75, 3.05) is 39.3 Å². The summed E-state index contributed by atoms with van der Waals surface area (Å²) in [5, 5.41) is 6.73. The van der Waals surface area contributed by atoms with Gasteiger partial charge in [-0.05, 0) is 32.7 Å². The Labute approximate surface area is 152 Å². The second-order valence-electron chi connectivity index (χ2n) is 6.10. The normalized spacial score (nSPS) is 25.5. The van der Waals surface area contributed by atoms with Crippen LogP contribution in [0.25, 0.3) is 0 Å². The van der Waals surface area contributed by atoms with Gasteiger partial charge in [-0.15, -0.1) is 24.0 Å². The molecule has 2 fully saturated rings. The zero-order chi connectivity index (χ0) is 14.9. The molecule has 2 N–H and O–H groups in total. The van der Waals surface area contributed by atoms with Crippen LogP contribution in [0.3, 0.4) is 0 Å². The Hall–Kier alpha value is -0.0800. The number of rotatable bonds is 7. The smallest absolute Gasteiger partial charge is 0.191 e. The van der Waals surface area contributed by atoms with Crippen LogP contribution in [0.5, 0.6) is 0 Å². The average Bonchev–Trinajstić information content (AvgIpc) is 2.96. The molecule has 2 saturated heterocycles. The van der Waals surface area contributed by atoms with E-state index < -0.39 is 0 Å². The van der Waals surface area contributed by atoms with Crippen molar-refractivity contribution in [3.63, 3.8) is 0 Å². The number of aliphatic imine (C=N–C) groups is 1. The zero-order valence-electron chi connectivity index (χ0n) is 14.1. The number of hydrogen-bond donors (Lipinski definition) is 2. The highest BCUT2D eigenvalue weighted by molar-refractivity contribution is 14.0. The molecule has 2 aliphatic heterocycles. The van der Waals surface area contributed by atoms with E-state index in [0.717, 1.165) is 38.7 Å². The van der Waals surface area contributed by atoms with Crippen molar-refractivity contribution in [1.29, 1.82) is 0 Å². The van der Waals surface area contributed by atoms with Crippen LogP contribution in [-0.2, 0) is 4.74 Å². The summed E-state index contributed by atoms with van der Waals surface area (Å²) in [6.07, 6.45) is 6.61. The average molecular weight is 424 g/mol. The molecular formula is C16H33IN4O. The number of nitrogens with one attached hydrogen (secondary N) is 2. The van der Waals surface area contributed by atoms with Crippen LogP contribution in [0, 0.1) is 0 Å². The monoisotopic (exact) mass is 424 g/mol. The third kappa shape index (κ3) is 6.58. The molecule has 0 spiro atoms. The fourth-order valence-electron chi connectivity index (χ4n) is 3.11. The molecule has 0 aromatic rings. The summed E-state index contributed by atoms with van der Waals surface area (Å²) in [6, 6.07) is 0.672. The first-order valence-electron chi connectivity index (χ1n) is 8.71. The lowest BCUT2D eigenvalue weighted by Crippen LogP contribution is -2.47. The van der Waals surface area contributed by atoms with Crippen molar-refractivity contribution >= 4 is 29.9 Å². The topological polar surface area (TPSA) is 48.9 Å². The number of nitrogens with zero attached hydrogens (tertiary/aromatic N) is 2. The Morgan fingerprint density at radius 3 is 2.91 bits per heavy atom. The molecule has 2 aliphatic rings. The van der Waals surface area contributed by atoms with Crippen molar-refractivity contribution in [3.05, 3.63) is 0 Å². The quantitative estimate of drug-likeness (QED) is 0.285. The molecule has 0 bridgehead atoms. The number of unbranched alkanes of at least 4 members (excludes halogenated alkanes) is 2. The van der Waals surface area contributed by atoms with Crippen LogP contribution in [0.15, 0.2) is 4.99 Å². The summed E-state index contributed by atoms with van der Waals surface area (Å²) in [5.74, 6) is 0.931. The van der Waals surface area contributed by atoms with Crippen LogP contribution in [-0.4, -0.2) is 62.3 Å². The van der Waals surface area contributed by atoms with Gasteiger partial charge in [0, 0.05) is 25.7 Å². The SMILES string of the molecule is CCCCCNC(=NCC1CN2CCCC2CO1)NCC.I. The molecule has 22 heavy (non-hydrogen) atoms. The van der Waals surface area contributed by atoms with E-state index >= 15 is 0 Å². The summed E-state index contributed by atoms with van der Waals surface area (Å²) in [4.78, 5) is 7.27. The fourth-order valence-corrected chi connectivity index (χ4v) is 3.11. The van der Waals surface area contributed by atoms with E-state index in [1.807, 2.05) is 0 Å². The third-order valence-electron chi connectivity index (χ3n) is 4.33. The fraction of sp³-hybridized carbons (Fsp3) is 0.938. The maximum Gasteiger partial charge on any atom is 0.191 e. The van der Waals surface area contributed by atoms with Gasteiger partial charge in [0.05, 0.1) is 19.3 Å². The van der Waals surface area contributed by atoms with Gasteiger partial charge in [-0.25, -0.2) is 0 Å². The summed E-state index contributed by atoms with van der Waals surface area (Å²) in [5.41, 5.74) is 0. The lowest BCUT2D eigenvalue weighted by atomic mass is 10.2. The van der Waals surface area contributed by atoms with Gasteiger partial charge in [-0.3, -0.25) is 9.89 Å². The predicted molar refractivity (Wildman–Crippen MR) is 103 cm³/mol. The predicted octanol–water partition coefficient (Wildman–Crippen LogP) is 2.21. The second-order valence-corrected chi connectivity index (χ2v) is 6.10. The van der Waals surface area contributed by atoms with E-state index in [9.17, 15) is 0 Å². The largest absolute Gasteiger partial charge is 0.373 e. The molecule has 2 heterocycles. The van der Waals surface area contributed by atoms with Crippen LogP contribution in [0.1, 0.15) is 46.0 Å². The number of fused-ring (bicyclic) bond motifs is 1. The molecule has 0 aliphatic carbocycles. The van der Waals surface area contributed by atoms with Crippen LogP contribution in [0.4, 0.5) is 0 Å². The van der Waals surface area contributed by atoms with Gasteiger partial charge in [0.15, 0.2) is 5.96 Å². The Morgan fingerprint density at radius 1 is 1.27 bits per heavy atom. The molecule has 2 rings (SSSR count). The number of hydrogen-bond acceptors (Lipinski definition) is 3. The standard InChI is InChI=1S/C16H32N4O.HI/c1-3-5-6-9-18-16(17-4-2)19-11-15-12-20-10-7-8-14(20)13-21-15;/h14-15H,3-13H2,1-2H3,(H2,17,18,19);1H. The van der Waals surface area contributed by atoms with E-state index in [2.05, 4.69) is 29.4 Å². The summed E-state index contributed by atoms with van der Waals surface area (Å²) in [6.45, 7) is 10.2. The molecule has 5 nitrogen and oxygen atoms in total. The Bertz CT molecular complexity index is 327. The number of guanidine groups is 1. The number of ether oxygens (including phenoxy) is 1.